The lowest BCUT2D eigenvalue weighted by molar-refractivity contribution is -0.384. The van der Waals surface area contributed by atoms with Crippen LogP contribution in [0.15, 0.2) is 22.7 Å². The Morgan fingerprint density at radius 2 is 2.18 bits per heavy atom. The smallest absolute Gasteiger partial charge is 0.292 e. The predicted molar refractivity (Wildman–Crippen MR) is 76.9 cm³/mol. The first-order chi connectivity index (χ1) is 7.85. The van der Waals surface area contributed by atoms with E-state index >= 15 is 0 Å². The molecule has 0 saturated heterocycles. The van der Waals surface area contributed by atoms with E-state index < -0.39 is 0 Å². The van der Waals surface area contributed by atoms with Crippen molar-refractivity contribution in [3.05, 3.63) is 32.8 Å². The van der Waals surface area contributed by atoms with Gasteiger partial charge in [0.05, 0.1) is 4.92 Å². The highest BCUT2D eigenvalue weighted by Gasteiger charge is 2.19. The molecule has 0 atom stereocenters. The number of hydrogen-bond donors (Lipinski definition) is 1. The molecular weight excluding hydrogens is 304 g/mol. The normalized spacial score (nSPS) is 11.3. The third-order valence-electron chi connectivity index (χ3n) is 2.41. The van der Waals surface area contributed by atoms with Crippen molar-refractivity contribution in [3.8, 4) is 0 Å². The second-order valence-electron chi connectivity index (χ2n) is 4.24. The van der Waals surface area contributed by atoms with E-state index in [1.165, 1.54) is 6.07 Å². The Kier molecular flexibility index (Phi) is 4.82. The van der Waals surface area contributed by atoms with Crippen molar-refractivity contribution >= 4 is 39.1 Å². The Labute approximate surface area is 113 Å². The average molecular weight is 319 g/mol. The molecule has 0 saturated carbocycles. The quantitative estimate of drug-likeness (QED) is 0.660. The summed E-state index contributed by atoms with van der Waals surface area (Å²) in [6.07, 6.45) is 2.02. The highest BCUT2D eigenvalue weighted by molar-refractivity contribution is 9.10. The molecular formula is C11H15BrN2O2S. The highest BCUT2D eigenvalue weighted by atomic mass is 79.9. The SMILES string of the molecule is CSC(C)(C)CNc1cc(Br)ccc1[N+](=O)[O-]. The number of nitro groups is 1. The van der Waals surface area contributed by atoms with Crippen LogP contribution in [-0.2, 0) is 0 Å². The number of nitrogens with one attached hydrogen (secondary N) is 1. The molecule has 0 heterocycles. The molecule has 0 bridgehead atoms. The zero-order valence-corrected chi connectivity index (χ0v) is 12.4. The Balaban J connectivity index is 2.89. The van der Waals surface area contributed by atoms with E-state index in [0.29, 0.717) is 12.2 Å². The zero-order chi connectivity index (χ0) is 13.1. The number of benzene rings is 1. The third kappa shape index (κ3) is 4.20. The molecule has 0 unspecified atom stereocenters. The van der Waals surface area contributed by atoms with Crippen LogP contribution < -0.4 is 5.32 Å². The van der Waals surface area contributed by atoms with Crippen molar-refractivity contribution in [2.75, 3.05) is 18.1 Å². The van der Waals surface area contributed by atoms with Gasteiger partial charge in [-0.05, 0) is 32.2 Å². The van der Waals surface area contributed by atoms with Gasteiger partial charge >= 0.3 is 0 Å². The number of thioether (sulfide) groups is 1. The molecule has 1 aromatic rings. The second kappa shape index (κ2) is 5.73. The van der Waals surface area contributed by atoms with Gasteiger partial charge in [-0.25, -0.2) is 0 Å². The van der Waals surface area contributed by atoms with E-state index in [4.69, 9.17) is 0 Å². The van der Waals surface area contributed by atoms with Gasteiger partial charge in [0.1, 0.15) is 5.69 Å². The molecule has 1 N–H and O–H groups in total. The van der Waals surface area contributed by atoms with Gasteiger partial charge in [0.2, 0.25) is 0 Å². The Morgan fingerprint density at radius 3 is 2.71 bits per heavy atom. The second-order valence-corrected chi connectivity index (χ2v) is 6.67. The van der Waals surface area contributed by atoms with Crippen LogP contribution in [0.5, 0.6) is 0 Å². The standard InChI is InChI=1S/C11H15BrN2O2S/c1-11(2,17-3)7-13-9-6-8(12)4-5-10(9)14(15)16/h4-6,13H,7H2,1-3H3. The van der Waals surface area contributed by atoms with E-state index in [1.807, 2.05) is 6.26 Å². The van der Waals surface area contributed by atoms with Gasteiger partial charge < -0.3 is 5.32 Å². The Hall–Kier alpha value is -0.750. The van der Waals surface area contributed by atoms with Crippen molar-refractivity contribution in [1.82, 2.24) is 0 Å². The largest absolute Gasteiger partial charge is 0.378 e. The maximum absolute atomic E-state index is 10.9. The van der Waals surface area contributed by atoms with Crippen LogP contribution in [-0.4, -0.2) is 22.5 Å². The molecule has 0 amide bonds. The first-order valence-electron chi connectivity index (χ1n) is 5.09. The summed E-state index contributed by atoms with van der Waals surface area (Å²) in [6.45, 7) is 4.86. The third-order valence-corrected chi connectivity index (χ3v) is 4.16. The van der Waals surface area contributed by atoms with E-state index in [-0.39, 0.29) is 15.4 Å². The summed E-state index contributed by atoms with van der Waals surface area (Å²) >= 11 is 5.04. The molecule has 17 heavy (non-hydrogen) atoms. The van der Waals surface area contributed by atoms with Crippen molar-refractivity contribution in [1.29, 1.82) is 0 Å². The van der Waals surface area contributed by atoms with Crippen LogP contribution in [0.4, 0.5) is 11.4 Å². The molecule has 0 aliphatic carbocycles. The van der Waals surface area contributed by atoms with Crippen molar-refractivity contribution < 1.29 is 4.92 Å². The summed E-state index contributed by atoms with van der Waals surface area (Å²) in [4.78, 5) is 10.5. The van der Waals surface area contributed by atoms with Crippen molar-refractivity contribution in [2.24, 2.45) is 0 Å². The minimum absolute atomic E-state index is 0.0379. The minimum Gasteiger partial charge on any atom is -0.378 e. The van der Waals surface area contributed by atoms with E-state index in [2.05, 4.69) is 35.1 Å². The number of halogens is 1. The van der Waals surface area contributed by atoms with Crippen molar-refractivity contribution in [3.63, 3.8) is 0 Å². The zero-order valence-electron chi connectivity index (χ0n) is 9.99. The number of anilines is 1. The average Bonchev–Trinajstić information content (AvgIpc) is 2.26. The van der Waals surface area contributed by atoms with Crippen LogP contribution in [0.25, 0.3) is 0 Å². The lowest BCUT2D eigenvalue weighted by Gasteiger charge is -2.22. The molecule has 0 radical (unpaired) electrons. The van der Waals surface area contributed by atoms with Crippen LogP contribution in [0, 0.1) is 10.1 Å². The maximum Gasteiger partial charge on any atom is 0.292 e. The van der Waals surface area contributed by atoms with Gasteiger partial charge in [-0.3, -0.25) is 10.1 Å². The topological polar surface area (TPSA) is 55.2 Å². The van der Waals surface area contributed by atoms with Crippen molar-refractivity contribution in [2.45, 2.75) is 18.6 Å². The van der Waals surface area contributed by atoms with Gasteiger partial charge in [-0.1, -0.05) is 15.9 Å². The number of nitrogens with zero attached hydrogens (tertiary/aromatic N) is 1. The Morgan fingerprint density at radius 1 is 1.53 bits per heavy atom. The lowest BCUT2D eigenvalue weighted by Crippen LogP contribution is -2.26. The number of hydrogen-bond acceptors (Lipinski definition) is 4. The van der Waals surface area contributed by atoms with Gasteiger partial charge in [0.25, 0.3) is 5.69 Å². The minimum atomic E-state index is -0.374. The highest BCUT2D eigenvalue weighted by Crippen LogP contribution is 2.29. The van der Waals surface area contributed by atoms with E-state index in [9.17, 15) is 10.1 Å². The lowest BCUT2D eigenvalue weighted by atomic mass is 10.2. The molecule has 0 fully saturated rings. The number of rotatable bonds is 5. The summed E-state index contributed by atoms with van der Waals surface area (Å²) in [5.74, 6) is 0. The van der Waals surface area contributed by atoms with Gasteiger partial charge in [0, 0.05) is 21.8 Å². The van der Waals surface area contributed by atoms with Gasteiger partial charge in [0.15, 0.2) is 0 Å². The molecule has 4 nitrogen and oxygen atoms in total. The predicted octanol–water partition coefficient (Wildman–Crippen LogP) is 3.91. The fraction of sp³-hybridized carbons (Fsp3) is 0.455. The summed E-state index contributed by atoms with van der Waals surface area (Å²) in [5, 5.41) is 14.0. The summed E-state index contributed by atoms with van der Waals surface area (Å²) in [6, 6.07) is 4.90. The molecule has 1 aromatic carbocycles. The summed E-state index contributed by atoms with van der Waals surface area (Å²) in [7, 11) is 0. The molecule has 6 heteroatoms. The summed E-state index contributed by atoms with van der Waals surface area (Å²) < 4.78 is 0.864. The van der Waals surface area contributed by atoms with E-state index in [0.717, 1.165) is 4.47 Å². The fourth-order valence-corrected chi connectivity index (χ4v) is 1.77. The van der Waals surface area contributed by atoms with E-state index in [1.54, 1.807) is 23.9 Å². The molecule has 0 aliphatic heterocycles. The van der Waals surface area contributed by atoms with Crippen LogP contribution in [0.3, 0.4) is 0 Å². The Bertz CT molecular complexity index is 424. The monoisotopic (exact) mass is 318 g/mol. The van der Waals surface area contributed by atoms with Gasteiger partial charge in [-0.2, -0.15) is 11.8 Å². The molecule has 0 aliphatic rings. The molecule has 0 spiro atoms. The molecule has 0 aromatic heterocycles. The van der Waals surface area contributed by atoms with Crippen LogP contribution >= 0.6 is 27.7 Å². The maximum atomic E-state index is 10.9. The van der Waals surface area contributed by atoms with Gasteiger partial charge in [-0.15, -0.1) is 0 Å². The fourth-order valence-electron chi connectivity index (χ4n) is 1.19. The first kappa shape index (κ1) is 14.3. The molecule has 1 rings (SSSR count). The summed E-state index contributed by atoms with van der Waals surface area (Å²) in [5.41, 5.74) is 0.650. The molecule has 94 valence electrons. The number of nitro benzene ring substituents is 1. The first-order valence-corrected chi connectivity index (χ1v) is 7.10. The van der Waals surface area contributed by atoms with Crippen LogP contribution in [0.2, 0.25) is 0 Å². The van der Waals surface area contributed by atoms with Crippen LogP contribution in [0.1, 0.15) is 13.8 Å².